The molecule has 2 unspecified atom stereocenters. The molecule has 3 heterocycles. The van der Waals surface area contributed by atoms with Gasteiger partial charge in [-0.3, -0.25) is 15.6 Å². The zero-order valence-electron chi connectivity index (χ0n) is 17.9. The normalized spacial score (nSPS) is 16.3. The number of carbonyl (C=O) groups is 1. The molecule has 8 nitrogen and oxygen atoms in total. The summed E-state index contributed by atoms with van der Waals surface area (Å²) in [5, 5.41) is 15.6. The Balaban J connectivity index is 1.46. The van der Waals surface area contributed by atoms with Crippen molar-refractivity contribution in [2.75, 3.05) is 11.9 Å². The summed E-state index contributed by atoms with van der Waals surface area (Å²) in [5.41, 5.74) is 4.34. The lowest BCUT2D eigenvalue weighted by molar-refractivity contribution is -0.479. The number of pyridine rings is 2. The number of nitrogens with two attached hydrogens (primary N) is 1. The van der Waals surface area contributed by atoms with Gasteiger partial charge in [0, 0.05) is 36.8 Å². The van der Waals surface area contributed by atoms with Gasteiger partial charge in [0.05, 0.1) is 23.9 Å². The quantitative estimate of drug-likeness (QED) is 0.429. The number of urea groups is 1. The Morgan fingerprint density at radius 3 is 2.81 bits per heavy atom. The Hall–Kier alpha value is -3.62. The van der Waals surface area contributed by atoms with Crippen LogP contribution < -0.4 is 16.0 Å². The first kappa shape index (κ1) is 21.6. The molecule has 4 rings (SSSR count). The van der Waals surface area contributed by atoms with Gasteiger partial charge in [-0.2, -0.15) is 0 Å². The number of aromatic nitrogens is 2. The lowest BCUT2D eigenvalue weighted by Crippen LogP contribution is -2.71. The van der Waals surface area contributed by atoms with Crippen LogP contribution in [0.15, 0.2) is 60.9 Å². The number of amides is 2. The molecule has 1 fully saturated rings. The Morgan fingerprint density at radius 2 is 2.09 bits per heavy atom. The molecule has 2 aromatic heterocycles. The number of nitrogens with one attached hydrogen (secondary N) is 3. The van der Waals surface area contributed by atoms with E-state index in [0.717, 1.165) is 35.5 Å². The van der Waals surface area contributed by atoms with Gasteiger partial charge >= 0.3 is 6.03 Å². The van der Waals surface area contributed by atoms with Crippen LogP contribution in [0.3, 0.4) is 0 Å². The number of hydrogen-bond donors (Lipinski definition) is 4. The van der Waals surface area contributed by atoms with E-state index in [9.17, 15) is 4.79 Å². The number of aryl methyl sites for hydroxylation is 1. The number of hydrogen-bond acceptors (Lipinski definition) is 5. The van der Waals surface area contributed by atoms with Crippen LogP contribution in [0, 0.1) is 12.3 Å². The zero-order chi connectivity index (χ0) is 22.3. The van der Waals surface area contributed by atoms with Crippen LogP contribution in [0.25, 0.3) is 0 Å². The first-order valence-corrected chi connectivity index (χ1v) is 10.6. The van der Waals surface area contributed by atoms with Crippen molar-refractivity contribution < 1.29 is 14.8 Å². The Labute approximate surface area is 187 Å². The third kappa shape index (κ3) is 5.35. The van der Waals surface area contributed by atoms with E-state index in [1.807, 2.05) is 54.7 Å². The predicted octanol–water partition coefficient (Wildman–Crippen LogP) is 3.35. The summed E-state index contributed by atoms with van der Waals surface area (Å²) < 4.78 is 5.84. The molecule has 1 aromatic carbocycles. The second-order valence-corrected chi connectivity index (χ2v) is 7.76. The average molecular weight is 432 g/mol. The molecule has 0 bridgehead atoms. The third-order valence-corrected chi connectivity index (χ3v) is 5.39. The van der Waals surface area contributed by atoms with Crippen LogP contribution in [0.1, 0.15) is 35.7 Å². The maximum Gasteiger partial charge on any atom is 0.320 e. The fourth-order valence-electron chi connectivity index (χ4n) is 3.84. The SMILES string of the molecule is Cc1cc([NH2+]c2cnc(NC(=O)NC(c3ccccc3)C3CCCO3)cc2C=N)ccn1. The molecule has 5 N–H and O–H groups in total. The van der Waals surface area contributed by atoms with Crippen LogP contribution in [0.4, 0.5) is 22.0 Å². The highest BCUT2D eigenvalue weighted by atomic mass is 16.5. The van der Waals surface area contributed by atoms with E-state index in [-0.39, 0.29) is 18.2 Å². The summed E-state index contributed by atoms with van der Waals surface area (Å²) in [5.74, 6) is 0.378. The lowest BCUT2D eigenvalue weighted by atomic mass is 9.99. The molecule has 1 saturated heterocycles. The van der Waals surface area contributed by atoms with E-state index in [1.54, 1.807) is 18.5 Å². The van der Waals surface area contributed by atoms with Crippen molar-refractivity contribution in [3.8, 4) is 0 Å². The van der Waals surface area contributed by atoms with Crippen molar-refractivity contribution in [3.05, 3.63) is 77.7 Å². The molecule has 164 valence electrons. The molecule has 0 spiro atoms. The molecule has 0 aliphatic carbocycles. The van der Waals surface area contributed by atoms with Crippen LogP contribution >= 0.6 is 0 Å². The molecule has 1 aliphatic heterocycles. The second-order valence-electron chi connectivity index (χ2n) is 7.76. The molecule has 2 atom stereocenters. The smallest absolute Gasteiger partial charge is 0.320 e. The standard InChI is InChI=1S/C24H26N6O2/c1-16-12-19(9-10-26-16)28-20-15-27-22(13-18(20)14-25)29-24(31)30-23(21-8-5-11-32-21)17-6-3-2-4-7-17/h2-4,6-7,9-10,12-15,21,23,25H,5,8,11H2,1H3,(H,26,28)(H2,27,29,30,31)/p+1. The van der Waals surface area contributed by atoms with Crippen molar-refractivity contribution >= 4 is 29.4 Å². The van der Waals surface area contributed by atoms with Gasteiger partial charge in [0.25, 0.3) is 0 Å². The number of carbonyl (C=O) groups excluding carboxylic acids is 1. The van der Waals surface area contributed by atoms with E-state index in [1.165, 1.54) is 6.21 Å². The first-order valence-electron chi connectivity index (χ1n) is 10.6. The average Bonchev–Trinajstić information content (AvgIpc) is 3.34. The molecular weight excluding hydrogens is 404 g/mol. The van der Waals surface area contributed by atoms with Crippen LogP contribution in [-0.4, -0.2) is 34.9 Å². The van der Waals surface area contributed by atoms with E-state index < -0.39 is 0 Å². The third-order valence-electron chi connectivity index (χ3n) is 5.39. The minimum absolute atomic E-state index is 0.0611. The fraction of sp³-hybridized carbons (Fsp3) is 0.250. The molecule has 2 amide bonds. The van der Waals surface area contributed by atoms with Crippen molar-refractivity contribution in [2.24, 2.45) is 0 Å². The summed E-state index contributed by atoms with van der Waals surface area (Å²) >= 11 is 0. The lowest BCUT2D eigenvalue weighted by Gasteiger charge is -2.24. The zero-order valence-corrected chi connectivity index (χ0v) is 17.9. The minimum Gasteiger partial charge on any atom is -0.376 e. The molecule has 0 saturated carbocycles. The van der Waals surface area contributed by atoms with Crippen LogP contribution in [0.5, 0.6) is 0 Å². The maximum absolute atomic E-state index is 12.8. The van der Waals surface area contributed by atoms with E-state index in [0.29, 0.717) is 18.0 Å². The molecule has 32 heavy (non-hydrogen) atoms. The topological polar surface area (TPSA) is 117 Å². The Bertz CT molecular complexity index is 1080. The van der Waals surface area contributed by atoms with Gasteiger partial charge in [-0.05, 0) is 31.4 Å². The monoisotopic (exact) mass is 431 g/mol. The van der Waals surface area contributed by atoms with Gasteiger partial charge in [0.15, 0.2) is 5.69 Å². The van der Waals surface area contributed by atoms with Gasteiger partial charge < -0.3 is 15.5 Å². The van der Waals surface area contributed by atoms with Crippen LogP contribution in [0.2, 0.25) is 0 Å². The van der Waals surface area contributed by atoms with Crippen molar-refractivity contribution in [1.82, 2.24) is 15.3 Å². The van der Waals surface area contributed by atoms with Gasteiger partial charge in [0.1, 0.15) is 11.5 Å². The molecular formula is C24H27N6O2+. The predicted molar refractivity (Wildman–Crippen MR) is 123 cm³/mol. The van der Waals surface area contributed by atoms with E-state index in [4.69, 9.17) is 10.1 Å². The first-order chi connectivity index (χ1) is 15.6. The number of rotatable bonds is 7. The minimum atomic E-state index is -0.362. The number of nitrogens with zero attached hydrogens (tertiary/aromatic N) is 2. The second kappa shape index (κ2) is 10.1. The molecule has 8 heteroatoms. The summed E-state index contributed by atoms with van der Waals surface area (Å²) in [6.07, 6.45) is 6.47. The summed E-state index contributed by atoms with van der Waals surface area (Å²) in [6.45, 7) is 2.63. The van der Waals surface area contributed by atoms with Crippen molar-refractivity contribution in [3.63, 3.8) is 0 Å². The van der Waals surface area contributed by atoms with Gasteiger partial charge in [0.2, 0.25) is 0 Å². The van der Waals surface area contributed by atoms with Gasteiger partial charge in [-0.25, -0.2) is 9.78 Å². The maximum atomic E-state index is 12.8. The Morgan fingerprint density at radius 1 is 1.25 bits per heavy atom. The highest BCUT2D eigenvalue weighted by molar-refractivity contribution is 5.91. The molecule has 3 aromatic rings. The largest absolute Gasteiger partial charge is 0.376 e. The van der Waals surface area contributed by atoms with Crippen molar-refractivity contribution in [2.45, 2.75) is 31.9 Å². The summed E-state index contributed by atoms with van der Waals surface area (Å²) in [7, 11) is 0. The summed E-state index contributed by atoms with van der Waals surface area (Å²) in [4.78, 5) is 21.3. The van der Waals surface area contributed by atoms with Gasteiger partial charge in [-0.15, -0.1) is 0 Å². The summed E-state index contributed by atoms with van der Waals surface area (Å²) in [6, 6.07) is 14.8. The highest BCUT2D eigenvalue weighted by Gasteiger charge is 2.28. The fourth-order valence-corrected chi connectivity index (χ4v) is 3.84. The van der Waals surface area contributed by atoms with Crippen molar-refractivity contribution in [1.29, 1.82) is 5.41 Å². The number of ether oxygens (including phenoxy) is 1. The molecule has 1 aliphatic rings. The van der Waals surface area contributed by atoms with E-state index in [2.05, 4.69) is 20.6 Å². The number of anilines is 1. The van der Waals surface area contributed by atoms with Gasteiger partial charge in [-0.1, -0.05) is 30.3 Å². The Kier molecular flexibility index (Phi) is 6.84. The molecule has 0 radical (unpaired) electrons. The van der Waals surface area contributed by atoms with E-state index >= 15 is 0 Å². The number of quaternary nitrogens is 1. The number of benzene rings is 1. The highest BCUT2D eigenvalue weighted by Crippen LogP contribution is 2.27. The van der Waals surface area contributed by atoms with Crippen LogP contribution in [-0.2, 0) is 4.74 Å².